The Labute approximate surface area is 217 Å². The highest BCUT2D eigenvalue weighted by molar-refractivity contribution is 5.77. The predicted octanol–water partition coefficient (Wildman–Crippen LogP) is 2.40. The third-order valence-corrected chi connectivity index (χ3v) is 6.87. The highest BCUT2D eigenvalue weighted by Crippen LogP contribution is 2.32. The van der Waals surface area contributed by atoms with E-state index in [1.165, 1.54) is 0 Å². The first-order valence-electron chi connectivity index (χ1n) is 12.7. The van der Waals surface area contributed by atoms with E-state index in [0.717, 1.165) is 30.4 Å². The molecule has 0 aliphatic carbocycles. The van der Waals surface area contributed by atoms with E-state index in [4.69, 9.17) is 36.5 Å². The summed E-state index contributed by atoms with van der Waals surface area (Å²) in [5.41, 5.74) is 14.1. The number of piperidine rings is 1. The molecule has 198 valence electrons. The van der Waals surface area contributed by atoms with Crippen LogP contribution in [0.25, 0.3) is 0 Å². The van der Waals surface area contributed by atoms with E-state index in [0.29, 0.717) is 49.7 Å². The second-order valence-corrected chi connectivity index (χ2v) is 9.27. The minimum Gasteiger partial charge on any atom is -0.490 e. The topological polar surface area (TPSA) is 151 Å². The molecule has 0 aromatic heterocycles. The van der Waals surface area contributed by atoms with Crippen LogP contribution in [0.2, 0.25) is 0 Å². The van der Waals surface area contributed by atoms with Gasteiger partial charge in [0.1, 0.15) is 17.6 Å². The Bertz CT molecular complexity index is 1110. The molecule has 2 aromatic carbocycles. The maximum absolute atomic E-state index is 12.9. The van der Waals surface area contributed by atoms with Crippen LogP contribution in [0.5, 0.6) is 11.5 Å². The van der Waals surface area contributed by atoms with Crippen LogP contribution in [0.1, 0.15) is 42.6 Å². The van der Waals surface area contributed by atoms with Crippen molar-refractivity contribution in [1.82, 2.24) is 9.80 Å². The highest BCUT2D eigenvalue weighted by atomic mass is 16.6. The van der Waals surface area contributed by atoms with E-state index in [1.807, 2.05) is 46.2 Å². The number of carbonyl (C=O) groups is 1. The fourth-order valence-electron chi connectivity index (χ4n) is 4.82. The molecule has 1 saturated heterocycles. The van der Waals surface area contributed by atoms with Gasteiger partial charge in [0.25, 0.3) is 0 Å². The van der Waals surface area contributed by atoms with Crippen molar-refractivity contribution >= 4 is 17.9 Å². The van der Waals surface area contributed by atoms with E-state index in [1.54, 1.807) is 6.92 Å². The van der Waals surface area contributed by atoms with Crippen molar-refractivity contribution in [2.24, 2.45) is 11.5 Å². The molecule has 1 unspecified atom stereocenters. The zero-order valence-corrected chi connectivity index (χ0v) is 21.2. The number of nitrogens with one attached hydrogen (secondary N) is 2. The molecular weight excluding hydrogens is 472 g/mol. The van der Waals surface area contributed by atoms with Crippen LogP contribution < -0.4 is 20.9 Å². The quantitative estimate of drug-likeness (QED) is 0.253. The fraction of sp³-hybridized carbons (Fsp3) is 0.444. The lowest BCUT2D eigenvalue weighted by Crippen LogP contribution is -2.44. The van der Waals surface area contributed by atoms with Gasteiger partial charge in [-0.1, -0.05) is 24.3 Å². The smallest absolute Gasteiger partial charge is 0.352 e. The summed E-state index contributed by atoms with van der Waals surface area (Å²) in [6.07, 6.45) is 2.11. The van der Waals surface area contributed by atoms with Gasteiger partial charge in [0.05, 0.1) is 6.61 Å². The third-order valence-electron chi connectivity index (χ3n) is 6.87. The number of guanidine groups is 2. The molecule has 0 saturated carbocycles. The van der Waals surface area contributed by atoms with Gasteiger partial charge < -0.3 is 35.5 Å². The first-order chi connectivity index (χ1) is 17.9. The molecule has 0 amide bonds. The maximum Gasteiger partial charge on any atom is 0.352 e. The molecule has 1 fully saturated rings. The molecule has 2 aliphatic heterocycles. The Morgan fingerprint density at radius 1 is 0.973 bits per heavy atom. The number of benzene rings is 2. The molecule has 2 heterocycles. The van der Waals surface area contributed by atoms with Crippen molar-refractivity contribution in [2.45, 2.75) is 44.8 Å². The van der Waals surface area contributed by atoms with Crippen molar-refractivity contribution in [3.63, 3.8) is 0 Å². The van der Waals surface area contributed by atoms with Gasteiger partial charge in [-0.05, 0) is 49.1 Å². The Kier molecular flexibility index (Phi) is 8.37. The van der Waals surface area contributed by atoms with Crippen molar-refractivity contribution in [2.75, 3.05) is 32.8 Å². The number of hydrogen-bond donors (Lipinski definition) is 4. The normalized spacial score (nSPS) is 16.8. The number of carbonyl (C=O) groups excluding carboxylic acids is 1. The number of fused-ring (bicyclic) bond motifs is 1. The van der Waals surface area contributed by atoms with E-state index in [9.17, 15) is 4.79 Å². The van der Waals surface area contributed by atoms with E-state index >= 15 is 0 Å². The number of likely N-dealkylation sites (tertiary alicyclic amines) is 1. The van der Waals surface area contributed by atoms with Crippen LogP contribution in [0, 0.1) is 10.8 Å². The van der Waals surface area contributed by atoms with Crippen LogP contribution in [-0.2, 0) is 22.4 Å². The molecule has 10 nitrogen and oxygen atoms in total. The molecule has 37 heavy (non-hydrogen) atoms. The number of ether oxygens (including phenoxy) is 3. The van der Waals surface area contributed by atoms with Crippen LogP contribution in [0.15, 0.2) is 42.5 Å². The first-order valence-corrected chi connectivity index (χ1v) is 12.7. The lowest BCUT2D eigenvalue weighted by Gasteiger charge is -2.32. The lowest BCUT2D eigenvalue weighted by atomic mass is 10.0. The van der Waals surface area contributed by atoms with E-state index in [-0.39, 0.29) is 24.6 Å². The average Bonchev–Trinajstić information content (AvgIpc) is 3.12. The highest BCUT2D eigenvalue weighted by Gasteiger charge is 2.27. The summed E-state index contributed by atoms with van der Waals surface area (Å²) in [6.45, 7) is 4.70. The van der Waals surface area contributed by atoms with E-state index in [2.05, 4.69) is 6.07 Å². The Morgan fingerprint density at radius 2 is 1.62 bits per heavy atom. The van der Waals surface area contributed by atoms with Gasteiger partial charge in [-0.15, -0.1) is 0 Å². The standard InChI is InChI=1S/C27H36N6O4/c1-2-35-25(34)24(37-23-5-3-4-18-10-14-32(26(28)29)17-13-22(18)23)19-6-8-20(9-7-19)36-21-11-15-33(16-12-21)27(30)31/h3-9,21,24H,2,10-17H2,1H3,(H3,28,29)(H3,30,31). The molecule has 4 rings (SSSR count). The van der Waals surface area contributed by atoms with Crippen molar-refractivity contribution in [3.05, 3.63) is 59.2 Å². The Balaban J connectivity index is 1.49. The lowest BCUT2D eigenvalue weighted by molar-refractivity contribution is -0.151. The van der Waals surface area contributed by atoms with Gasteiger partial charge in [0.15, 0.2) is 11.9 Å². The van der Waals surface area contributed by atoms with Crippen LogP contribution in [0.4, 0.5) is 0 Å². The van der Waals surface area contributed by atoms with Gasteiger partial charge in [-0.25, -0.2) is 4.79 Å². The minimum absolute atomic E-state index is 0.0490. The third kappa shape index (κ3) is 6.44. The Hall–Kier alpha value is -3.95. The Morgan fingerprint density at radius 3 is 2.27 bits per heavy atom. The van der Waals surface area contributed by atoms with Gasteiger partial charge in [0.2, 0.25) is 6.10 Å². The summed E-state index contributed by atoms with van der Waals surface area (Å²) >= 11 is 0. The fourth-order valence-corrected chi connectivity index (χ4v) is 4.82. The van der Waals surface area contributed by atoms with Gasteiger partial charge in [0, 0.05) is 44.6 Å². The first kappa shape index (κ1) is 26.1. The molecule has 0 bridgehead atoms. The zero-order chi connectivity index (χ0) is 26.4. The largest absolute Gasteiger partial charge is 0.490 e. The summed E-state index contributed by atoms with van der Waals surface area (Å²) in [5, 5.41) is 15.4. The summed E-state index contributed by atoms with van der Waals surface area (Å²) in [6, 6.07) is 13.2. The molecule has 6 N–H and O–H groups in total. The zero-order valence-electron chi connectivity index (χ0n) is 21.2. The molecule has 0 radical (unpaired) electrons. The maximum atomic E-state index is 12.9. The van der Waals surface area contributed by atoms with E-state index < -0.39 is 12.1 Å². The van der Waals surface area contributed by atoms with Crippen molar-refractivity contribution < 1.29 is 19.0 Å². The van der Waals surface area contributed by atoms with Gasteiger partial charge >= 0.3 is 5.97 Å². The molecule has 1 atom stereocenters. The van der Waals surface area contributed by atoms with Crippen LogP contribution in [0.3, 0.4) is 0 Å². The molecule has 2 aliphatic rings. The summed E-state index contributed by atoms with van der Waals surface area (Å²) < 4.78 is 17.8. The van der Waals surface area contributed by atoms with Crippen molar-refractivity contribution in [3.8, 4) is 11.5 Å². The van der Waals surface area contributed by atoms with Crippen molar-refractivity contribution in [1.29, 1.82) is 10.8 Å². The molecule has 2 aromatic rings. The average molecular weight is 509 g/mol. The number of rotatable bonds is 7. The summed E-state index contributed by atoms with van der Waals surface area (Å²) in [4.78, 5) is 16.6. The second-order valence-electron chi connectivity index (χ2n) is 9.27. The second kappa shape index (κ2) is 11.9. The van der Waals surface area contributed by atoms with Gasteiger partial charge in [-0.2, -0.15) is 0 Å². The monoisotopic (exact) mass is 508 g/mol. The molecule has 0 spiro atoms. The number of hydrogen-bond acceptors (Lipinski definition) is 6. The number of nitrogens with two attached hydrogens (primary N) is 2. The predicted molar refractivity (Wildman–Crippen MR) is 141 cm³/mol. The minimum atomic E-state index is -0.925. The van der Waals surface area contributed by atoms with Gasteiger partial charge in [-0.3, -0.25) is 10.8 Å². The number of esters is 1. The summed E-state index contributed by atoms with van der Waals surface area (Å²) in [7, 11) is 0. The number of nitrogens with zero attached hydrogens (tertiary/aromatic N) is 2. The van der Waals surface area contributed by atoms with Crippen LogP contribution in [-0.4, -0.2) is 66.6 Å². The SMILES string of the molecule is CCOC(=O)C(Oc1cccc2c1CCN(C(=N)N)CC2)c1ccc(OC2CCN(C(=N)N)CC2)cc1. The molecule has 10 heteroatoms. The van der Waals surface area contributed by atoms with Crippen LogP contribution >= 0.6 is 0 Å². The summed E-state index contributed by atoms with van der Waals surface area (Å²) in [5.74, 6) is 1.05. The molecular formula is C27H36N6O4.